The Kier molecular flexibility index (Phi) is 11.9. The van der Waals surface area contributed by atoms with Crippen molar-refractivity contribution in [1.29, 1.82) is 0 Å². The number of rotatable bonds is 10. The van der Waals surface area contributed by atoms with E-state index >= 15 is 0 Å². The van der Waals surface area contributed by atoms with Crippen LogP contribution in [-0.4, -0.2) is 76.8 Å². The Morgan fingerprint density at radius 1 is 0.262 bits per heavy atom. The third-order valence-corrected chi connectivity index (χ3v) is 32.7. The van der Waals surface area contributed by atoms with Crippen LogP contribution in [0, 0.1) is 0 Å². The number of carbonyl (C=O) groups excluding carboxylic acids is 4. The third-order valence-electron chi connectivity index (χ3n) is 9.49. The van der Waals surface area contributed by atoms with Gasteiger partial charge in [0.2, 0.25) is 24.3 Å². The van der Waals surface area contributed by atoms with Gasteiger partial charge in [0.25, 0.3) is 0 Å². The average molecular weight is 911 g/mol. The normalized spacial score (nSPS) is 28.3. The summed E-state index contributed by atoms with van der Waals surface area (Å²) in [6.45, 7) is 0. The molecule has 2 aliphatic heterocycles. The number of nitrogens with zero attached hydrogens (tertiary/aromatic N) is 4. The molecule has 8 rings (SSSR count). The first-order valence-electron chi connectivity index (χ1n) is 18.4. The molecule has 300 valence electrons. The van der Waals surface area contributed by atoms with E-state index in [1.807, 2.05) is 0 Å². The van der Waals surface area contributed by atoms with Gasteiger partial charge in [-0.15, -0.1) is 0 Å². The fourth-order valence-electron chi connectivity index (χ4n) is 6.87. The van der Waals surface area contributed by atoms with E-state index in [-0.39, 0.29) is 31.1 Å². The highest BCUT2D eigenvalue weighted by Gasteiger charge is 2.76. The molecule has 2 heterocycles. The zero-order chi connectivity index (χ0) is 42.3. The van der Waals surface area contributed by atoms with Crippen molar-refractivity contribution in [3.05, 3.63) is 182 Å². The van der Waals surface area contributed by atoms with Crippen LogP contribution in [0.3, 0.4) is 0 Å². The summed E-state index contributed by atoms with van der Waals surface area (Å²) < 4.78 is 68.9. The molecule has 0 aromatic heterocycles. The van der Waals surface area contributed by atoms with E-state index in [1.165, 1.54) is 0 Å². The van der Waals surface area contributed by atoms with Gasteiger partial charge in [-0.25, -0.2) is 19.2 Å². The van der Waals surface area contributed by atoms with Crippen LogP contribution in [-0.2, 0) is 48.0 Å². The van der Waals surface area contributed by atoms with Crippen LogP contribution in [0.1, 0.15) is 0 Å². The molecule has 15 nitrogen and oxygen atoms in total. The summed E-state index contributed by atoms with van der Waals surface area (Å²) in [5, 5.41) is 1.40. The summed E-state index contributed by atoms with van der Waals surface area (Å²) in [6.07, 6.45) is 6.58. The van der Waals surface area contributed by atoms with Crippen molar-refractivity contribution in [2.45, 2.75) is 0 Å². The molecule has 4 unspecified atom stereocenters. The largest absolute Gasteiger partial charge is 0.515 e. The Bertz CT molecular complexity index is 2380. The van der Waals surface area contributed by atoms with Gasteiger partial charge in [-0.05, 0) is 0 Å². The first kappa shape index (κ1) is 41.6. The molecular formula is C40H30N4O11Si6. The SMILES string of the molecule is O=C=N[Si]1(c2ccccc2)O[Si](N=C=O)(c2ccccc2)O[Si]2(c3ccccc3)O[Si](N=C=O)(c3ccccc3)O[Si](N=C=O)(c3ccccc3)O[Si](c3ccccc3)(O1)O2. The minimum Gasteiger partial charge on any atom is -0.373 e. The van der Waals surface area contributed by atoms with Crippen LogP contribution in [0.5, 0.6) is 0 Å². The van der Waals surface area contributed by atoms with Crippen molar-refractivity contribution >= 4 is 108 Å². The Morgan fingerprint density at radius 2 is 0.459 bits per heavy atom. The molecule has 0 saturated carbocycles. The summed E-state index contributed by atoms with van der Waals surface area (Å²) in [5.74, 6) is 0. The third kappa shape index (κ3) is 7.85. The van der Waals surface area contributed by atoms with Gasteiger partial charge in [-0.1, -0.05) is 182 Å². The number of fused-ring (bicyclic) bond motifs is 2. The van der Waals surface area contributed by atoms with E-state index in [4.69, 9.17) is 28.8 Å². The topological polar surface area (TPSA) is 182 Å². The van der Waals surface area contributed by atoms with Gasteiger partial charge in [-0.2, -0.15) is 18.6 Å². The fourth-order valence-corrected chi connectivity index (χ4v) is 35.2. The van der Waals surface area contributed by atoms with Crippen molar-refractivity contribution in [3.8, 4) is 0 Å². The summed E-state index contributed by atoms with van der Waals surface area (Å²) in [4.78, 5) is 51.5. The lowest BCUT2D eigenvalue weighted by atomic mass is 10.4. The first-order chi connectivity index (χ1) is 29.8. The number of isocyanates is 4. The van der Waals surface area contributed by atoms with Crippen molar-refractivity contribution in [2.75, 3.05) is 0 Å². The molecule has 0 aliphatic carbocycles. The van der Waals surface area contributed by atoms with Gasteiger partial charge in [0, 0.05) is 31.1 Å². The summed E-state index contributed by atoms with van der Waals surface area (Å²) in [7, 11) is -29.9. The van der Waals surface area contributed by atoms with Crippen molar-refractivity contribution in [2.24, 2.45) is 18.6 Å². The molecule has 4 atom stereocenters. The second-order valence-corrected chi connectivity index (χ2v) is 30.1. The van der Waals surface area contributed by atoms with E-state index in [1.54, 1.807) is 206 Å². The molecule has 2 aliphatic rings. The Balaban J connectivity index is 1.59. The lowest BCUT2D eigenvalue weighted by Gasteiger charge is -2.52. The quantitative estimate of drug-likeness (QED) is 0.111. The zero-order valence-electron chi connectivity index (χ0n) is 31.6. The molecule has 2 saturated heterocycles. The van der Waals surface area contributed by atoms with Crippen LogP contribution in [0.25, 0.3) is 0 Å². The molecule has 0 radical (unpaired) electrons. The molecular weight excluding hydrogens is 881 g/mol. The number of hydrogen-bond donors (Lipinski definition) is 0. The van der Waals surface area contributed by atoms with Crippen molar-refractivity contribution in [1.82, 2.24) is 0 Å². The predicted octanol–water partition coefficient (Wildman–Crippen LogP) is 1.55. The van der Waals surface area contributed by atoms with Gasteiger partial charge in [0.15, 0.2) is 0 Å². The van der Waals surface area contributed by atoms with E-state index < -0.39 is 52.5 Å². The molecule has 6 aromatic carbocycles. The molecule has 61 heavy (non-hydrogen) atoms. The monoisotopic (exact) mass is 910 g/mol. The molecule has 0 spiro atoms. The lowest BCUT2D eigenvalue weighted by Crippen LogP contribution is -2.86. The molecule has 21 heteroatoms. The Hall–Kier alpha value is -6.14. The molecule has 6 aromatic rings. The lowest BCUT2D eigenvalue weighted by molar-refractivity contribution is 0.123. The second-order valence-electron chi connectivity index (χ2n) is 13.2. The van der Waals surface area contributed by atoms with E-state index in [0.29, 0.717) is 0 Å². The van der Waals surface area contributed by atoms with E-state index in [9.17, 15) is 19.2 Å². The summed E-state index contributed by atoms with van der Waals surface area (Å²) in [5.41, 5.74) is 0. The zero-order valence-corrected chi connectivity index (χ0v) is 37.6. The average Bonchev–Trinajstić information content (AvgIpc) is 3.30. The molecule has 0 amide bonds. The highest BCUT2D eigenvalue weighted by Crippen LogP contribution is 2.39. The minimum atomic E-state index is -5.11. The smallest absolute Gasteiger partial charge is 0.373 e. The maximum Gasteiger partial charge on any atom is 0.515 e. The highest BCUT2D eigenvalue weighted by molar-refractivity contribution is 7.09. The van der Waals surface area contributed by atoms with E-state index in [2.05, 4.69) is 18.6 Å². The van der Waals surface area contributed by atoms with Gasteiger partial charge in [-0.3, -0.25) is 0 Å². The van der Waals surface area contributed by atoms with Crippen LogP contribution >= 0.6 is 0 Å². The van der Waals surface area contributed by atoms with Crippen molar-refractivity contribution in [3.63, 3.8) is 0 Å². The van der Waals surface area contributed by atoms with Gasteiger partial charge >= 0.3 is 52.5 Å². The second kappa shape index (κ2) is 17.5. The summed E-state index contributed by atoms with van der Waals surface area (Å²) >= 11 is 0. The summed E-state index contributed by atoms with van der Waals surface area (Å²) in [6, 6.07) is 50.2. The fraction of sp³-hybridized carbons (Fsp3) is 0. The van der Waals surface area contributed by atoms with Crippen LogP contribution in [0.2, 0.25) is 0 Å². The van der Waals surface area contributed by atoms with Crippen LogP contribution in [0.4, 0.5) is 0 Å². The Morgan fingerprint density at radius 3 is 0.656 bits per heavy atom. The van der Waals surface area contributed by atoms with Crippen LogP contribution < -0.4 is 31.1 Å². The van der Waals surface area contributed by atoms with Crippen LogP contribution in [0.15, 0.2) is 201 Å². The van der Waals surface area contributed by atoms with Gasteiger partial charge < -0.3 is 28.8 Å². The van der Waals surface area contributed by atoms with Crippen molar-refractivity contribution < 1.29 is 48.0 Å². The predicted molar refractivity (Wildman–Crippen MR) is 231 cm³/mol. The minimum absolute atomic E-state index is 0.230. The molecule has 2 fully saturated rings. The van der Waals surface area contributed by atoms with E-state index in [0.717, 1.165) is 0 Å². The highest BCUT2D eigenvalue weighted by atomic mass is 28.6. The molecule has 0 N–H and O–H groups in total. The maximum absolute atomic E-state index is 12.9. The Labute approximate surface area is 355 Å². The first-order valence-corrected chi connectivity index (χ1v) is 28.9. The van der Waals surface area contributed by atoms with Gasteiger partial charge in [0.1, 0.15) is 0 Å². The number of hydrogen-bond acceptors (Lipinski definition) is 15. The number of benzene rings is 6. The molecule has 2 bridgehead atoms. The van der Waals surface area contributed by atoms with Gasteiger partial charge in [0.05, 0.1) is 0 Å². The standard InChI is InChI=1S/C40H30N4O11Si6/c45-31-41-56(35-19-7-1-8-20-35)49-57(42-32-46,36-21-9-2-10-22-36)52-61(40-29-17-6-18-30-40)54-59(44-34-48,38-25-13-4-14-26-38)50-58(43-33-47,37-23-11-3-12-24-37)53-60(51-56,55-61)39-27-15-5-16-28-39/h1-30H. The maximum atomic E-state index is 12.9.